The fraction of sp³-hybridized carbons (Fsp3) is 0.800. The van der Waals surface area contributed by atoms with Crippen LogP contribution in [0.4, 0.5) is 4.79 Å². The predicted molar refractivity (Wildman–Crippen MR) is 158 cm³/mol. The molecule has 7 unspecified atom stereocenters. The molecule has 0 aromatic carbocycles. The number of ether oxygens (including phenoxy) is 2. The fourth-order valence-electron chi connectivity index (χ4n) is 4.89. The van der Waals surface area contributed by atoms with E-state index in [0.29, 0.717) is 32.4 Å². The Balaban J connectivity index is 2.00. The first-order valence-corrected chi connectivity index (χ1v) is 14.7. The number of guanidine groups is 1. The number of primary amides is 1. The summed E-state index contributed by atoms with van der Waals surface area (Å²) in [6.45, 7) is 0.000210. The summed E-state index contributed by atoms with van der Waals surface area (Å²) in [6.07, 6.45) is -6.24. The van der Waals surface area contributed by atoms with Gasteiger partial charge in [0, 0.05) is 38.0 Å². The first-order valence-electron chi connectivity index (χ1n) is 14.7. The molecule has 45 heavy (non-hydrogen) atoms. The minimum absolute atomic E-state index is 0.165. The molecule has 10 atom stereocenters. The lowest BCUT2D eigenvalue weighted by atomic mass is 9.95. The maximum Gasteiger partial charge on any atom is 0.404 e. The van der Waals surface area contributed by atoms with E-state index in [1.165, 1.54) is 0 Å². The van der Waals surface area contributed by atoms with Crippen LogP contribution < -0.4 is 49.9 Å². The third kappa shape index (κ3) is 12.2. The molecular formula is C25H48N10O10. The Bertz CT molecular complexity index is 1020. The van der Waals surface area contributed by atoms with E-state index >= 15 is 0 Å². The third-order valence-corrected chi connectivity index (χ3v) is 7.31. The van der Waals surface area contributed by atoms with E-state index in [-0.39, 0.29) is 37.3 Å². The maximum absolute atomic E-state index is 12.9. The van der Waals surface area contributed by atoms with Gasteiger partial charge in [-0.1, -0.05) is 0 Å². The lowest BCUT2D eigenvalue weighted by Gasteiger charge is -2.43. The molecule has 2 aliphatic heterocycles. The van der Waals surface area contributed by atoms with E-state index in [1.807, 2.05) is 0 Å². The number of aliphatic hydroxyl groups is 3. The molecule has 3 amide bonds. The minimum atomic E-state index is -1.67. The molecular weight excluding hydrogens is 600 g/mol. The van der Waals surface area contributed by atoms with Gasteiger partial charge >= 0.3 is 12.1 Å². The van der Waals surface area contributed by atoms with E-state index in [4.69, 9.17) is 38.1 Å². The van der Waals surface area contributed by atoms with E-state index < -0.39 is 79.4 Å². The number of carboxylic acids is 1. The number of hydrogen-bond donors (Lipinski definition) is 13. The number of carboxylic acid groups (broad SMARTS) is 1. The van der Waals surface area contributed by atoms with E-state index in [0.717, 1.165) is 6.42 Å². The van der Waals surface area contributed by atoms with Gasteiger partial charge < -0.3 is 79.8 Å². The van der Waals surface area contributed by atoms with Crippen molar-refractivity contribution < 1.29 is 49.1 Å². The Kier molecular flexibility index (Phi) is 15.6. The van der Waals surface area contributed by atoms with Gasteiger partial charge in [-0.05, 0) is 32.2 Å². The highest BCUT2D eigenvalue weighted by Gasteiger charge is 2.47. The van der Waals surface area contributed by atoms with Crippen LogP contribution in [0.5, 0.6) is 0 Å². The van der Waals surface area contributed by atoms with Gasteiger partial charge in [-0.15, -0.1) is 0 Å². The van der Waals surface area contributed by atoms with Crippen molar-refractivity contribution >= 4 is 29.8 Å². The Morgan fingerprint density at radius 3 is 2.27 bits per heavy atom. The van der Waals surface area contributed by atoms with Gasteiger partial charge in [0.1, 0.15) is 31.0 Å². The monoisotopic (exact) mass is 648 g/mol. The van der Waals surface area contributed by atoms with Crippen molar-refractivity contribution in [1.82, 2.24) is 21.3 Å². The second-order valence-corrected chi connectivity index (χ2v) is 11.0. The molecule has 1 saturated heterocycles. The highest BCUT2D eigenvalue weighted by atomic mass is 16.6. The number of rotatable bonds is 18. The molecule has 0 aromatic rings. The maximum atomic E-state index is 12.9. The Hall–Kier alpha value is -3.37. The van der Waals surface area contributed by atoms with E-state index in [2.05, 4.69) is 26.3 Å². The molecule has 258 valence electrons. The van der Waals surface area contributed by atoms with Crippen LogP contribution in [0.15, 0.2) is 4.99 Å². The van der Waals surface area contributed by atoms with Crippen LogP contribution in [0.2, 0.25) is 0 Å². The number of nitrogens with zero attached hydrogens (tertiary/aromatic N) is 1. The topological polar surface area (TPSA) is 358 Å². The standard InChI is InChI=1S/C25H48N10O10/c26-5-1-3-11(28)7-15(37)31-6-2-4-12(29)8-16(38)32-19-21(40)20(39)14(10-44-24(30)43)45-22(19)35-25-33-17(13(36)9-27)18(34-25)23(41)42/h11-14,17-22,36,39-40H,1-10,26-29H2,(H2,30,43)(H,31,37)(H,32,38)(H,41,42)(H2,33,34,35)/t11?,12?,13-,14?,17-,18+,19?,20?,21?,22?/m1/s1. The van der Waals surface area contributed by atoms with E-state index in [9.17, 15) is 39.6 Å². The number of hydrogen-bond acceptors (Lipinski definition) is 16. The van der Waals surface area contributed by atoms with Crippen LogP contribution in [0.1, 0.15) is 38.5 Å². The number of carbonyl (C=O) groups excluding carboxylic acids is 3. The van der Waals surface area contributed by atoms with Gasteiger partial charge in [0.25, 0.3) is 0 Å². The molecule has 0 radical (unpaired) electrons. The van der Waals surface area contributed by atoms with Crippen molar-refractivity contribution in [3.05, 3.63) is 0 Å². The van der Waals surface area contributed by atoms with Crippen molar-refractivity contribution in [3.8, 4) is 0 Å². The molecule has 20 nitrogen and oxygen atoms in total. The number of nitrogens with two attached hydrogens (primary N) is 5. The van der Waals surface area contributed by atoms with E-state index in [1.54, 1.807) is 0 Å². The minimum Gasteiger partial charge on any atom is -0.480 e. The highest BCUT2D eigenvalue weighted by Crippen LogP contribution is 2.22. The number of nitrogens with one attached hydrogen (secondary N) is 4. The van der Waals surface area contributed by atoms with Crippen molar-refractivity contribution in [2.45, 2.75) is 99.4 Å². The number of carbonyl (C=O) groups is 4. The van der Waals surface area contributed by atoms with Crippen LogP contribution >= 0.6 is 0 Å². The Morgan fingerprint density at radius 2 is 1.67 bits per heavy atom. The smallest absolute Gasteiger partial charge is 0.404 e. The quantitative estimate of drug-likeness (QED) is 0.0614. The molecule has 0 saturated carbocycles. The summed E-state index contributed by atoms with van der Waals surface area (Å²) in [5.41, 5.74) is 27.9. The lowest BCUT2D eigenvalue weighted by molar-refractivity contribution is -0.198. The van der Waals surface area contributed by atoms with Gasteiger partial charge in [-0.3, -0.25) is 9.59 Å². The summed E-state index contributed by atoms with van der Waals surface area (Å²) in [7, 11) is 0. The van der Waals surface area contributed by atoms with Crippen molar-refractivity contribution in [2.75, 3.05) is 26.2 Å². The second-order valence-electron chi connectivity index (χ2n) is 11.0. The Labute approximate surface area is 259 Å². The lowest BCUT2D eigenvalue weighted by Crippen LogP contribution is -2.69. The van der Waals surface area contributed by atoms with Crippen LogP contribution in [-0.2, 0) is 23.9 Å². The first-order chi connectivity index (χ1) is 21.3. The summed E-state index contributed by atoms with van der Waals surface area (Å²) in [4.78, 5) is 51.7. The summed E-state index contributed by atoms with van der Waals surface area (Å²) in [6, 6.07) is -4.78. The highest BCUT2D eigenvalue weighted by molar-refractivity contribution is 5.89. The molecule has 0 aromatic heterocycles. The average molecular weight is 649 g/mol. The molecule has 2 heterocycles. The first kappa shape index (κ1) is 37.8. The second kappa shape index (κ2) is 18.6. The number of aliphatic imine (C=N–C) groups is 1. The van der Waals surface area contributed by atoms with Crippen LogP contribution in [0, 0.1) is 0 Å². The van der Waals surface area contributed by atoms with Crippen molar-refractivity contribution in [1.29, 1.82) is 0 Å². The molecule has 20 heteroatoms. The van der Waals surface area contributed by atoms with Gasteiger partial charge in [0.15, 0.2) is 18.2 Å². The zero-order valence-electron chi connectivity index (χ0n) is 24.9. The molecule has 0 spiro atoms. The number of aliphatic carboxylic acids is 1. The summed E-state index contributed by atoms with van der Waals surface area (Å²) >= 11 is 0. The fourth-order valence-corrected chi connectivity index (χ4v) is 4.89. The van der Waals surface area contributed by atoms with Crippen LogP contribution in [0.25, 0.3) is 0 Å². The summed E-state index contributed by atoms with van der Waals surface area (Å²) in [5.74, 6) is -2.33. The largest absolute Gasteiger partial charge is 0.480 e. The molecule has 0 bridgehead atoms. The van der Waals surface area contributed by atoms with Gasteiger partial charge in [0.2, 0.25) is 11.8 Å². The van der Waals surface area contributed by atoms with Crippen LogP contribution in [-0.4, -0.2) is 137 Å². The molecule has 2 rings (SSSR count). The Morgan fingerprint density at radius 1 is 1.02 bits per heavy atom. The molecule has 2 aliphatic rings. The zero-order chi connectivity index (χ0) is 33.7. The summed E-state index contributed by atoms with van der Waals surface area (Å²) in [5, 5.41) is 51.9. The number of aliphatic hydroxyl groups excluding tert-OH is 3. The average Bonchev–Trinajstić information content (AvgIpc) is 3.41. The van der Waals surface area contributed by atoms with Gasteiger partial charge in [-0.25, -0.2) is 14.6 Å². The number of amides is 3. The molecule has 1 fully saturated rings. The van der Waals surface area contributed by atoms with Crippen molar-refractivity contribution in [3.63, 3.8) is 0 Å². The summed E-state index contributed by atoms with van der Waals surface area (Å²) < 4.78 is 10.5. The molecule has 0 aliphatic carbocycles. The van der Waals surface area contributed by atoms with Crippen molar-refractivity contribution in [2.24, 2.45) is 33.7 Å². The third-order valence-electron chi connectivity index (χ3n) is 7.31. The zero-order valence-corrected chi connectivity index (χ0v) is 24.9. The SMILES string of the molecule is NCCCC(N)CC(=O)NCCCC(N)CC(=O)NC1C(NC2=N[C@H](C(=O)O)[C@@H]([C@H](O)CN)N2)OC(COC(N)=O)C(O)C1O. The normalized spacial score (nSPS) is 28.2. The molecule has 18 N–H and O–H groups in total. The van der Waals surface area contributed by atoms with Gasteiger partial charge in [0.05, 0.1) is 12.1 Å². The van der Waals surface area contributed by atoms with Gasteiger partial charge in [-0.2, -0.15) is 0 Å². The van der Waals surface area contributed by atoms with Crippen LogP contribution in [0.3, 0.4) is 0 Å². The predicted octanol–water partition coefficient (Wildman–Crippen LogP) is -6.23.